The van der Waals surface area contributed by atoms with E-state index in [4.69, 9.17) is 4.74 Å². The number of hydrogen-bond acceptors (Lipinski definition) is 4. The molecule has 3 rings (SSSR count). The summed E-state index contributed by atoms with van der Waals surface area (Å²) in [4.78, 5) is 30.1. The van der Waals surface area contributed by atoms with Crippen molar-refractivity contribution in [3.8, 4) is 0 Å². The standard InChI is InChI=1S/C14H19N3O3/c1-16-6-5-15-13(16)12(9-3-4-9)17-8-10(7-11(17)18)14(19)20-2/h5-6,9-10,12H,3-4,7-8H2,1-2H3. The smallest absolute Gasteiger partial charge is 0.310 e. The van der Waals surface area contributed by atoms with Gasteiger partial charge in [0, 0.05) is 32.4 Å². The van der Waals surface area contributed by atoms with Crippen molar-refractivity contribution in [2.24, 2.45) is 18.9 Å². The van der Waals surface area contributed by atoms with Gasteiger partial charge in [0.05, 0.1) is 19.1 Å². The highest BCUT2D eigenvalue weighted by atomic mass is 16.5. The van der Waals surface area contributed by atoms with Crippen molar-refractivity contribution < 1.29 is 14.3 Å². The molecule has 2 aliphatic rings. The summed E-state index contributed by atoms with van der Waals surface area (Å²) in [5, 5.41) is 0. The fraction of sp³-hybridized carbons (Fsp3) is 0.643. The van der Waals surface area contributed by atoms with Crippen LogP contribution in [0.1, 0.15) is 31.1 Å². The van der Waals surface area contributed by atoms with Crippen molar-refractivity contribution in [2.75, 3.05) is 13.7 Å². The highest BCUT2D eigenvalue weighted by Gasteiger charge is 2.45. The SMILES string of the molecule is COC(=O)C1CC(=O)N(C(c2nccn2C)C2CC2)C1. The second-order valence-corrected chi connectivity index (χ2v) is 5.65. The number of carbonyl (C=O) groups is 2. The molecule has 2 fully saturated rings. The van der Waals surface area contributed by atoms with Crippen molar-refractivity contribution in [1.29, 1.82) is 0 Å². The molecule has 0 spiro atoms. The Kier molecular flexibility index (Phi) is 3.23. The van der Waals surface area contributed by atoms with Gasteiger partial charge in [-0.05, 0) is 18.8 Å². The topological polar surface area (TPSA) is 64.4 Å². The van der Waals surface area contributed by atoms with E-state index < -0.39 is 0 Å². The summed E-state index contributed by atoms with van der Waals surface area (Å²) in [5.41, 5.74) is 0. The molecule has 0 bridgehead atoms. The molecular weight excluding hydrogens is 258 g/mol. The lowest BCUT2D eigenvalue weighted by Crippen LogP contribution is -2.34. The number of imidazole rings is 1. The molecule has 1 aromatic heterocycles. The van der Waals surface area contributed by atoms with Gasteiger partial charge >= 0.3 is 5.97 Å². The zero-order valence-corrected chi connectivity index (χ0v) is 11.8. The maximum atomic E-state index is 12.3. The van der Waals surface area contributed by atoms with Crippen LogP contribution in [0.5, 0.6) is 0 Å². The van der Waals surface area contributed by atoms with Crippen molar-refractivity contribution in [1.82, 2.24) is 14.5 Å². The van der Waals surface area contributed by atoms with Crippen LogP contribution in [-0.2, 0) is 21.4 Å². The van der Waals surface area contributed by atoms with Gasteiger partial charge in [-0.3, -0.25) is 9.59 Å². The average Bonchev–Trinajstić information content (AvgIpc) is 3.08. The van der Waals surface area contributed by atoms with Gasteiger partial charge < -0.3 is 14.2 Å². The highest BCUT2D eigenvalue weighted by Crippen LogP contribution is 2.45. The molecule has 6 nitrogen and oxygen atoms in total. The number of aryl methyl sites for hydroxylation is 1. The summed E-state index contributed by atoms with van der Waals surface area (Å²) in [6, 6.07) is -0.00263. The third-order valence-corrected chi connectivity index (χ3v) is 4.22. The van der Waals surface area contributed by atoms with E-state index in [1.165, 1.54) is 7.11 Å². The molecule has 2 unspecified atom stereocenters. The van der Waals surface area contributed by atoms with E-state index in [0.29, 0.717) is 12.5 Å². The van der Waals surface area contributed by atoms with Crippen LogP contribution in [0.3, 0.4) is 0 Å². The van der Waals surface area contributed by atoms with Gasteiger partial charge in [-0.15, -0.1) is 0 Å². The van der Waals surface area contributed by atoms with Crippen LogP contribution in [0.15, 0.2) is 12.4 Å². The lowest BCUT2D eigenvalue weighted by atomic mass is 10.1. The number of methoxy groups -OCH3 is 1. The van der Waals surface area contributed by atoms with Crippen molar-refractivity contribution in [3.63, 3.8) is 0 Å². The number of carbonyl (C=O) groups excluding carboxylic acids is 2. The molecule has 2 heterocycles. The first-order valence-corrected chi connectivity index (χ1v) is 6.96. The highest BCUT2D eigenvalue weighted by molar-refractivity contribution is 5.87. The maximum absolute atomic E-state index is 12.3. The van der Waals surface area contributed by atoms with Crippen LogP contribution in [-0.4, -0.2) is 40.0 Å². The number of hydrogen-bond donors (Lipinski definition) is 0. The lowest BCUT2D eigenvalue weighted by Gasteiger charge is -2.27. The molecule has 6 heteroatoms. The molecule has 1 aliphatic carbocycles. The van der Waals surface area contributed by atoms with Gasteiger partial charge in [-0.2, -0.15) is 0 Å². The van der Waals surface area contributed by atoms with Crippen LogP contribution in [0, 0.1) is 11.8 Å². The first-order valence-electron chi connectivity index (χ1n) is 6.96. The Labute approximate surface area is 117 Å². The summed E-state index contributed by atoms with van der Waals surface area (Å²) < 4.78 is 6.72. The molecule has 2 atom stereocenters. The number of rotatable bonds is 4. The molecule has 108 valence electrons. The molecule has 1 saturated carbocycles. The zero-order chi connectivity index (χ0) is 14.3. The summed E-state index contributed by atoms with van der Waals surface area (Å²) in [7, 11) is 3.31. The summed E-state index contributed by atoms with van der Waals surface area (Å²) >= 11 is 0. The van der Waals surface area contributed by atoms with Gasteiger partial charge in [0.15, 0.2) is 0 Å². The fourth-order valence-corrected chi connectivity index (χ4v) is 3.00. The summed E-state index contributed by atoms with van der Waals surface area (Å²) in [6.45, 7) is 0.444. The normalized spacial score (nSPS) is 24.0. The third-order valence-electron chi connectivity index (χ3n) is 4.22. The number of aromatic nitrogens is 2. The van der Waals surface area contributed by atoms with Gasteiger partial charge in [0.2, 0.25) is 5.91 Å². The monoisotopic (exact) mass is 277 g/mol. The second-order valence-electron chi connectivity index (χ2n) is 5.65. The average molecular weight is 277 g/mol. The predicted octanol–water partition coefficient (Wildman–Crippen LogP) is 0.893. The van der Waals surface area contributed by atoms with E-state index in [1.54, 1.807) is 6.20 Å². The third kappa shape index (κ3) is 2.19. The number of nitrogens with zero attached hydrogens (tertiary/aromatic N) is 3. The Morgan fingerprint density at radius 3 is 2.80 bits per heavy atom. The largest absolute Gasteiger partial charge is 0.469 e. The van der Waals surface area contributed by atoms with Crippen molar-refractivity contribution in [2.45, 2.75) is 25.3 Å². The Hall–Kier alpha value is -1.85. The van der Waals surface area contributed by atoms with E-state index in [-0.39, 0.29) is 30.3 Å². The van der Waals surface area contributed by atoms with E-state index in [1.807, 2.05) is 22.7 Å². The first kappa shape index (κ1) is 13.1. The van der Waals surface area contributed by atoms with Gasteiger partial charge in [-0.1, -0.05) is 0 Å². The minimum absolute atomic E-state index is 0.00263. The molecule has 0 N–H and O–H groups in total. The van der Waals surface area contributed by atoms with Gasteiger partial charge in [0.1, 0.15) is 5.82 Å². The van der Waals surface area contributed by atoms with Crippen LogP contribution in [0.2, 0.25) is 0 Å². The van der Waals surface area contributed by atoms with Crippen molar-refractivity contribution in [3.05, 3.63) is 18.2 Å². The predicted molar refractivity (Wildman–Crippen MR) is 70.5 cm³/mol. The molecule has 0 aromatic carbocycles. The molecule has 1 aliphatic heterocycles. The Morgan fingerprint density at radius 2 is 2.25 bits per heavy atom. The van der Waals surface area contributed by atoms with E-state index >= 15 is 0 Å². The quantitative estimate of drug-likeness (QED) is 0.767. The lowest BCUT2D eigenvalue weighted by molar-refractivity contribution is -0.145. The number of ether oxygens (including phenoxy) is 1. The molecule has 20 heavy (non-hydrogen) atoms. The number of amides is 1. The Bertz CT molecular complexity index is 536. The number of likely N-dealkylation sites (tertiary alicyclic amines) is 1. The molecule has 1 amide bonds. The minimum atomic E-state index is -0.339. The van der Waals surface area contributed by atoms with Gasteiger partial charge in [-0.25, -0.2) is 4.98 Å². The Balaban J connectivity index is 1.84. The van der Waals surface area contributed by atoms with Crippen molar-refractivity contribution >= 4 is 11.9 Å². The van der Waals surface area contributed by atoms with Crippen LogP contribution in [0.4, 0.5) is 0 Å². The van der Waals surface area contributed by atoms with Gasteiger partial charge in [0.25, 0.3) is 0 Å². The minimum Gasteiger partial charge on any atom is -0.469 e. The molecular formula is C14H19N3O3. The van der Waals surface area contributed by atoms with Crippen LogP contribution >= 0.6 is 0 Å². The van der Waals surface area contributed by atoms with E-state index in [9.17, 15) is 9.59 Å². The molecule has 1 saturated heterocycles. The Morgan fingerprint density at radius 1 is 1.50 bits per heavy atom. The second kappa shape index (κ2) is 4.92. The summed E-state index contributed by atoms with van der Waals surface area (Å²) in [6.07, 6.45) is 6.13. The molecule has 1 aromatic rings. The summed E-state index contributed by atoms with van der Waals surface area (Å²) in [5.74, 6) is 0.771. The number of esters is 1. The van der Waals surface area contributed by atoms with E-state index in [2.05, 4.69) is 4.98 Å². The van der Waals surface area contributed by atoms with Crippen LogP contribution in [0.25, 0.3) is 0 Å². The van der Waals surface area contributed by atoms with Crippen LogP contribution < -0.4 is 0 Å². The first-order chi connectivity index (χ1) is 9.61. The molecule has 0 radical (unpaired) electrons. The maximum Gasteiger partial charge on any atom is 0.310 e. The van der Waals surface area contributed by atoms with E-state index in [0.717, 1.165) is 18.7 Å². The fourth-order valence-electron chi connectivity index (χ4n) is 3.00. The zero-order valence-electron chi connectivity index (χ0n) is 11.8.